The number of nitrogen functional groups attached to an aromatic ring is 1. The number of benzene rings is 2. The molecule has 21 heavy (non-hydrogen) atoms. The molecule has 1 heteroatoms. The maximum atomic E-state index is 6.53. The first-order valence-electron chi connectivity index (χ1n) is 8.31. The molecule has 0 heterocycles. The summed E-state index contributed by atoms with van der Waals surface area (Å²) in [6, 6.07) is 13.3. The molecule has 0 radical (unpaired) electrons. The fraction of sp³-hybridized carbons (Fsp3) is 0.400. The Kier molecular flexibility index (Phi) is 3.21. The summed E-state index contributed by atoms with van der Waals surface area (Å²) < 4.78 is 0. The molecule has 1 fully saturated rings. The van der Waals surface area contributed by atoms with Crippen LogP contribution < -0.4 is 5.73 Å². The third-order valence-electron chi connectivity index (χ3n) is 5.36. The van der Waals surface area contributed by atoms with Crippen LogP contribution in [0.5, 0.6) is 0 Å². The van der Waals surface area contributed by atoms with E-state index in [-0.39, 0.29) is 0 Å². The summed E-state index contributed by atoms with van der Waals surface area (Å²) in [5.41, 5.74) is 14.5. The number of hydrogen-bond donors (Lipinski definition) is 1. The van der Waals surface area contributed by atoms with Gasteiger partial charge in [0.25, 0.3) is 0 Å². The van der Waals surface area contributed by atoms with E-state index < -0.39 is 0 Å². The smallest absolute Gasteiger partial charge is 0.0388 e. The molecule has 0 saturated heterocycles. The molecule has 2 aromatic carbocycles. The number of fused-ring (bicyclic) bond motifs is 3. The minimum absolute atomic E-state index is 0.850. The van der Waals surface area contributed by atoms with E-state index in [1.807, 2.05) is 0 Å². The van der Waals surface area contributed by atoms with Gasteiger partial charge in [0.1, 0.15) is 0 Å². The molecular formula is C20H23N. The molecule has 1 nitrogen and oxygen atoms in total. The van der Waals surface area contributed by atoms with Gasteiger partial charge in [-0.05, 0) is 40.2 Å². The van der Waals surface area contributed by atoms with Gasteiger partial charge in [-0.1, -0.05) is 68.5 Å². The van der Waals surface area contributed by atoms with Crippen molar-refractivity contribution in [3.05, 3.63) is 53.1 Å². The monoisotopic (exact) mass is 277 g/mol. The van der Waals surface area contributed by atoms with Crippen molar-refractivity contribution in [1.29, 1.82) is 0 Å². The van der Waals surface area contributed by atoms with Crippen LogP contribution in [0.1, 0.15) is 48.8 Å². The summed E-state index contributed by atoms with van der Waals surface area (Å²) in [7, 11) is 0. The molecule has 108 valence electrons. The molecule has 2 aliphatic rings. The van der Waals surface area contributed by atoms with E-state index >= 15 is 0 Å². The molecular weight excluding hydrogens is 254 g/mol. The number of rotatable bonds is 2. The SMILES string of the molecule is Nc1c(CC2CCCCC2)ccc2c1Cc1ccccc1-2. The maximum Gasteiger partial charge on any atom is 0.0388 e. The van der Waals surface area contributed by atoms with Crippen molar-refractivity contribution in [2.24, 2.45) is 5.92 Å². The molecule has 1 saturated carbocycles. The third-order valence-corrected chi connectivity index (χ3v) is 5.36. The highest BCUT2D eigenvalue weighted by molar-refractivity contribution is 5.82. The lowest BCUT2D eigenvalue weighted by Crippen LogP contribution is -2.11. The first-order chi connectivity index (χ1) is 10.3. The average molecular weight is 277 g/mol. The highest BCUT2D eigenvalue weighted by Crippen LogP contribution is 2.41. The van der Waals surface area contributed by atoms with E-state index in [9.17, 15) is 0 Å². The molecule has 2 N–H and O–H groups in total. The highest BCUT2D eigenvalue weighted by Gasteiger charge is 2.23. The van der Waals surface area contributed by atoms with Crippen LogP contribution >= 0.6 is 0 Å². The van der Waals surface area contributed by atoms with Gasteiger partial charge in [0.05, 0.1) is 0 Å². The minimum Gasteiger partial charge on any atom is -0.398 e. The topological polar surface area (TPSA) is 26.0 Å². The Balaban J connectivity index is 1.65. The quantitative estimate of drug-likeness (QED) is 0.658. The largest absolute Gasteiger partial charge is 0.398 e. The Hall–Kier alpha value is -1.76. The maximum absolute atomic E-state index is 6.53. The highest BCUT2D eigenvalue weighted by atomic mass is 14.6. The van der Waals surface area contributed by atoms with Crippen LogP contribution in [-0.4, -0.2) is 0 Å². The zero-order valence-corrected chi connectivity index (χ0v) is 12.6. The van der Waals surface area contributed by atoms with Gasteiger partial charge in [-0.2, -0.15) is 0 Å². The fourth-order valence-corrected chi connectivity index (χ4v) is 4.16. The second kappa shape index (κ2) is 5.22. The van der Waals surface area contributed by atoms with Crippen molar-refractivity contribution >= 4 is 5.69 Å². The minimum atomic E-state index is 0.850. The van der Waals surface area contributed by atoms with Crippen molar-refractivity contribution in [1.82, 2.24) is 0 Å². The second-order valence-corrected chi connectivity index (χ2v) is 6.71. The number of anilines is 1. The van der Waals surface area contributed by atoms with Crippen molar-refractivity contribution in [3.8, 4) is 11.1 Å². The van der Waals surface area contributed by atoms with E-state index in [1.165, 1.54) is 66.3 Å². The number of nitrogens with two attached hydrogens (primary N) is 1. The van der Waals surface area contributed by atoms with Crippen LogP contribution in [0.15, 0.2) is 36.4 Å². The van der Waals surface area contributed by atoms with Crippen LogP contribution in [0.3, 0.4) is 0 Å². The van der Waals surface area contributed by atoms with Gasteiger partial charge in [-0.15, -0.1) is 0 Å². The standard InChI is InChI=1S/C20H23N/c21-20-16(12-14-6-2-1-3-7-14)10-11-18-17-9-5-4-8-15(17)13-19(18)20/h4-5,8-11,14H,1-3,6-7,12-13,21H2. The summed E-state index contributed by atoms with van der Waals surface area (Å²) in [5.74, 6) is 0.850. The van der Waals surface area contributed by atoms with Gasteiger partial charge in [0.2, 0.25) is 0 Å². The van der Waals surface area contributed by atoms with Crippen LogP contribution in [0.25, 0.3) is 11.1 Å². The van der Waals surface area contributed by atoms with Crippen LogP contribution in [-0.2, 0) is 12.8 Å². The lowest BCUT2D eigenvalue weighted by atomic mass is 9.84. The van der Waals surface area contributed by atoms with Gasteiger partial charge in [-0.25, -0.2) is 0 Å². The first kappa shape index (κ1) is 12.9. The summed E-state index contributed by atoms with van der Waals surface area (Å²) in [4.78, 5) is 0. The first-order valence-corrected chi connectivity index (χ1v) is 8.31. The number of hydrogen-bond acceptors (Lipinski definition) is 1. The molecule has 2 aliphatic carbocycles. The van der Waals surface area contributed by atoms with Crippen LogP contribution in [0, 0.1) is 5.92 Å². The molecule has 0 amide bonds. The second-order valence-electron chi connectivity index (χ2n) is 6.71. The van der Waals surface area contributed by atoms with Gasteiger partial charge < -0.3 is 5.73 Å². The normalized spacial score (nSPS) is 17.5. The van der Waals surface area contributed by atoms with E-state index in [0.29, 0.717) is 0 Å². The van der Waals surface area contributed by atoms with Crippen LogP contribution in [0.2, 0.25) is 0 Å². The summed E-state index contributed by atoms with van der Waals surface area (Å²) >= 11 is 0. The van der Waals surface area contributed by atoms with Gasteiger partial charge in [-0.3, -0.25) is 0 Å². The molecule has 0 bridgehead atoms. The lowest BCUT2D eigenvalue weighted by molar-refractivity contribution is 0.357. The lowest BCUT2D eigenvalue weighted by Gasteiger charge is -2.22. The molecule has 0 atom stereocenters. The zero-order chi connectivity index (χ0) is 14.2. The van der Waals surface area contributed by atoms with E-state index in [1.54, 1.807) is 0 Å². The molecule has 0 unspecified atom stereocenters. The summed E-state index contributed by atoms with van der Waals surface area (Å²) in [6.07, 6.45) is 9.19. The molecule has 0 aromatic heterocycles. The zero-order valence-electron chi connectivity index (χ0n) is 12.6. The molecule has 2 aromatic rings. The Morgan fingerprint density at radius 2 is 1.71 bits per heavy atom. The van der Waals surface area contributed by atoms with E-state index in [0.717, 1.165) is 18.0 Å². The summed E-state index contributed by atoms with van der Waals surface area (Å²) in [5, 5.41) is 0. The van der Waals surface area contributed by atoms with Gasteiger partial charge in [0.15, 0.2) is 0 Å². The Morgan fingerprint density at radius 3 is 2.57 bits per heavy atom. The van der Waals surface area contributed by atoms with Crippen molar-refractivity contribution in [2.75, 3.05) is 5.73 Å². The van der Waals surface area contributed by atoms with Gasteiger partial charge >= 0.3 is 0 Å². The Labute approximate surface area is 127 Å². The van der Waals surface area contributed by atoms with Crippen LogP contribution in [0.4, 0.5) is 5.69 Å². The fourth-order valence-electron chi connectivity index (χ4n) is 4.16. The van der Waals surface area contributed by atoms with Gasteiger partial charge in [0, 0.05) is 12.1 Å². The predicted octanol–water partition coefficient (Wildman–Crippen LogP) is 4.96. The van der Waals surface area contributed by atoms with Crippen molar-refractivity contribution in [3.63, 3.8) is 0 Å². The Bertz CT molecular complexity index is 666. The predicted molar refractivity (Wildman–Crippen MR) is 89.4 cm³/mol. The van der Waals surface area contributed by atoms with Crippen molar-refractivity contribution < 1.29 is 0 Å². The summed E-state index contributed by atoms with van der Waals surface area (Å²) in [6.45, 7) is 0. The van der Waals surface area contributed by atoms with E-state index in [2.05, 4.69) is 36.4 Å². The van der Waals surface area contributed by atoms with E-state index in [4.69, 9.17) is 5.73 Å². The average Bonchev–Trinajstić information content (AvgIpc) is 2.91. The Morgan fingerprint density at radius 1 is 0.905 bits per heavy atom. The van der Waals surface area contributed by atoms with Crippen molar-refractivity contribution in [2.45, 2.75) is 44.9 Å². The molecule has 0 spiro atoms. The third kappa shape index (κ3) is 2.25. The molecule has 4 rings (SSSR count). The molecule has 0 aliphatic heterocycles.